The fraction of sp³-hybridized carbons (Fsp3) is 0.222. The quantitative estimate of drug-likeness (QED) is 0.455. The summed E-state index contributed by atoms with van der Waals surface area (Å²) in [5.41, 5.74) is 0.465. The smallest absolute Gasteiger partial charge is 0.413 e. The van der Waals surface area contributed by atoms with Crippen LogP contribution in [0.2, 0.25) is 0 Å². The fourth-order valence-electron chi connectivity index (χ4n) is 2.55. The molecule has 0 spiro atoms. The third-order valence-electron chi connectivity index (χ3n) is 3.95. The van der Waals surface area contributed by atoms with Crippen molar-refractivity contribution in [3.05, 3.63) is 58.1 Å². The van der Waals surface area contributed by atoms with Gasteiger partial charge in [0.15, 0.2) is 11.5 Å². The lowest BCUT2D eigenvalue weighted by atomic mass is 10.0. The first-order valence-electron chi connectivity index (χ1n) is 8.15. The number of esters is 1. The number of nitrogens with zero attached hydrogens (tertiary/aromatic N) is 1. The molecule has 3 rings (SSSR count). The molecule has 0 saturated heterocycles. The zero-order valence-corrected chi connectivity index (χ0v) is 14.7. The van der Waals surface area contributed by atoms with Gasteiger partial charge in [0.2, 0.25) is 6.79 Å². The average molecular weight is 388 g/mol. The Morgan fingerprint density at radius 1 is 1.18 bits per heavy atom. The number of non-ortho nitro benzene ring substituents is 1. The Bertz CT molecular complexity index is 897. The number of carbonyl (C=O) groups is 2. The van der Waals surface area contributed by atoms with E-state index >= 15 is 0 Å². The van der Waals surface area contributed by atoms with E-state index < -0.39 is 23.0 Å². The summed E-state index contributed by atoms with van der Waals surface area (Å²) in [4.78, 5) is 34.1. The standard InChI is InChI=1S/C18H16N2O8/c1-25-17(21)9-14(11-2-7-15-16(8-11)27-10-26-15)19-18(22)28-13-5-3-12(4-6-13)20(23)24/h2-8,14H,9-10H2,1H3,(H,19,22)/t14-/m0/s1. The number of ether oxygens (including phenoxy) is 4. The molecule has 1 atom stereocenters. The van der Waals surface area contributed by atoms with E-state index in [1.807, 2.05) is 0 Å². The molecule has 0 saturated carbocycles. The van der Waals surface area contributed by atoms with Gasteiger partial charge >= 0.3 is 12.1 Å². The molecule has 0 unspecified atom stereocenters. The van der Waals surface area contributed by atoms with Crippen molar-refractivity contribution in [1.82, 2.24) is 5.32 Å². The summed E-state index contributed by atoms with van der Waals surface area (Å²) in [5, 5.41) is 13.3. The third-order valence-corrected chi connectivity index (χ3v) is 3.95. The van der Waals surface area contributed by atoms with Gasteiger partial charge in [0.25, 0.3) is 5.69 Å². The number of nitro benzene ring substituents is 1. The molecule has 10 heteroatoms. The van der Waals surface area contributed by atoms with Crippen molar-refractivity contribution in [3.63, 3.8) is 0 Å². The van der Waals surface area contributed by atoms with Gasteiger partial charge in [-0.05, 0) is 29.8 Å². The van der Waals surface area contributed by atoms with Crippen LogP contribution in [0.4, 0.5) is 10.5 Å². The van der Waals surface area contributed by atoms with Gasteiger partial charge in [-0.15, -0.1) is 0 Å². The van der Waals surface area contributed by atoms with Crippen molar-refractivity contribution in [2.45, 2.75) is 12.5 Å². The zero-order chi connectivity index (χ0) is 20.1. The maximum atomic E-state index is 12.2. The van der Waals surface area contributed by atoms with Crippen LogP contribution in [0.25, 0.3) is 0 Å². The van der Waals surface area contributed by atoms with Crippen LogP contribution in [-0.4, -0.2) is 30.9 Å². The molecule has 28 heavy (non-hydrogen) atoms. The minimum atomic E-state index is -0.833. The van der Waals surface area contributed by atoms with Gasteiger partial charge < -0.3 is 24.3 Å². The predicted octanol–water partition coefficient (Wildman–Crippen LogP) is 2.72. The van der Waals surface area contributed by atoms with Crippen molar-refractivity contribution in [3.8, 4) is 17.2 Å². The highest BCUT2D eigenvalue weighted by Crippen LogP contribution is 2.35. The number of hydrogen-bond donors (Lipinski definition) is 1. The Balaban J connectivity index is 1.72. The number of hydrogen-bond acceptors (Lipinski definition) is 8. The van der Waals surface area contributed by atoms with Crippen LogP contribution in [-0.2, 0) is 9.53 Å². The first-order valence-corrected chi connectivity index (χ1v) is 8.15. The fourth-order valence-corrected chi connectivity index (χ4v) is 2.55. The molecule has 0 aromatic heterocycles. The monoisotopic (exact) mass is 388 g/mol. The highest BCUT2D eigenvalue weighted by atomic mass is 16.7. The Kier molecular flexibility index (Phi) is 5.58. The van der Waals surface area contributed by atoms with E-state index in [9.17, 15) is 19.7 Å². The van der Waals surface area contributed by atoms with Crippen LogP contribution in [0.3, 0.4) is 0 Å². The molecule has 1 N–H and O–H groups in total. The predicted molar refractivity (Wildman–Crippen MR) is 94.2 cm³/mol. The number of rotatable bonds is 6. The summed E-state index contributed by atoms with van der Waals surface area (Å²) in [6.07, 6.45) is -0.966. The summed E-state index contributed by atoms with van der Waals surface area (Å²) >= 11 is 0. The topological polar surface area (TPSA) is 126 Å². The Morgan fingerprint density at radius 2 is 1.89 bits per heavy atom. The lowest BCUT2D eigenvalue weighted by Crippen LogP contribution is -2.32. The SMILES string of the molecule is COC(=O)C[C@H](NC(=O)Oc1ccc([N+](=O)[O-])cc1)c1ccc2c(c1)OCO2. The minimum Gasteiger partial charge on any atom is -0.469 e. The van der Waals surface area contributed by atoms with Crippen molar-refractivity contribution < 1.29 is 33.5 Å². The second-order valence-corrected chi connectivity index (χ2v) is 5.73. The first-order chi connectivity index (χ1) is 13.5. The summed E-state index contributed by atoms with van der Waals surface area (Å²) in [6, 6.07) is 9.30. The molecular formula is C18H16N2O8. The lowest BCUT2D eigenvalue weighted by molar-refractivity contribution is -0.384. The minimum absolute atomic E-state index is 0.0933. The number of nitro groups is 1. The van der Waals surface area contributed by atoms with E-state index in [4.69, 9.17) is 14.2 Å². The second-order valence-electron chi connectivity index (χ2n) is 5.73. The van der Waals surface area contributed by atoms with E-state index in [1.54, 1.807) is 18.2 Å². The molecule has 0 aliphatic carbocycles. The van der Waals surface area contributed by atoms with Crippen molar-refractivity contribution >= 4 is 17.7 Å². The van der Waals surface area contributed by atoms with Gasteiger partial charge in [-0.1, -0.05) is 6.07 Å². The Labute approximate surface area is 159 Å². The summed E-state index contributed by atoms with van der Waals surface area (Å²) in [5.74, 6) is 0.649. The molecule has 1 heterocycles. The van der Waals surface area contributed by atoms with Crippen molar-refractivity contribution in [2.24, 2.45) is 0 Å². The van der Waals surface area contributed by atoms with Crippen LogP contribution in [0.1, 0.15) is 18.0 Å². The van der Waals surface area contributed by atoms with Crippen LogP contribution >= 0.6 is 0 Å². The second kappa shape index (κ2) is 8.25. The van der Waals surface area contributed by atoms with Crippen LogP contribution in [0.15, 0.2) is 42.5 Å². The highest BCUT2D eigenvalue weighted by Gasteiger charge is 2.23. The lowest BCUT2D eigenvalue weighted by Gasteiger charge is -2.18. The van der Waals surface area contributed by atoms with Crippen molar-refractivity contribution in [1.29, 1.82) is 0 Å². The van der Waals surface area contributed by atoms with Gasteiger partial charge in [0.1, 0.15) is 5.75 Å². The van der Waals surface area contributed by atoms with Gasteiger partial charge in [0.05, 0.1) is 24.5 Å². The molecule has 0 fully saturated rings. The third kappa shape index (κ3) is 4.47. The van der Waals surface area contributed by atoms with E-state index in [0.29, 0.717) is 17.1 Å². The van der Waals surface area contributed by atoms with Crippen molar-refractivity contribution in [2.75, 3.05) is 13.9 Å². The summed E-state index contributed by atoms with van der Waals surface area (Å²) in [6.45, 7) is 0.0933. The molecule has 10 nitrogen and oxygen atoms in total. The summed E-state index contributed by atoms with van der Waals surface area (Å²) < 4.78 is 20.4. The van der Waals surface area contributed by atoms with E-state index in [0.717, 1.165) is 0 Å². The van der Waals surface area contributed by atoms with Crippen LogP contribution < -0.4 is 19.5 Å². The number of methoxy groups -OCH3 is 1. The molecule has 146 valence electrons. The van der Waals surface area contributed by atoms with Gasteiger partial charge in [0, 0.05) is 12.1 Å². The highest BCUT2D eigenvalue weighted by molar-refractivity contribution is 5.74. The normalized spacial score (nSPS) is 12.8. The average Bonchev–Trinajstić information content (AvgIpc) is 3.15. The molecule has 1 aliphatic rings. The molecule has 1 aliphatic heterocycles. The van der Waals surface area contributed by atoms with Gasteiger partial charge in [-0.25, -0.2) is 4.79 Å². The number of benzene rings is 2. The first kappa shape index (κ1) is 19.0. The van der Waals surface area contributed by atoms with Crippen LogP contribution in [0.5, 0.6) is 17.2 Å². The maximum Gasteiger partial charge on any atom is 0.413 e. The van der Waals surface area contributed by atoms with E-state index in [2.05, 4.69) is 10.1 Å². The Hall–Kier alpha value is -3.82. The summed E-state index contributed by atoms with van der Waals surface area (Å²) in [7, 11) is 1.24. The van der Waals surface area contributed by atoms with Gasteiger partial charge in [-0.3, -0.25) is 14.9 Å². The molecule has 0 bridgehead atoms. The number of nitrogens with one attached hydrogen (secondary N) is 1. The molecule has 1 amide bonds. The molecule has 0 radical (unpaired) electrons. The van der Waals surface area contributed by atoms with E-state index in [-0.39, 0.29) is 24.7 Å². The van der Waals surface area contributed by atoms with Crippen LogP contribution in [0, 0.1) is 10.1 Å². The molecular weight excluding hydrogens is 372 g/mol. The maximum absolute atomic E-state index is 12.2. The number of fused-ring (bicyclic) bond motifs is 1. The Morgan fingerprint density at radius 3 is 2.57 bits per heavy atom. The molecule has 2 aromatic carbocycles. The zero-order valence-electron chi connectivity index (χ0n) is 14.7. The van der Waals surface area contributed by atoms with Gasteiger partial charge in [-0.2, -0.15) is 0 Å². The van der Waals surface area contributed by atoms with E-state index in [1.165, 1.54) is 31.4 Å². The molecule has 2 aromatic rings. The number of carbonyl (C=O) groups excluding carboxylic acids is 2. The largest absolute Gasteiger partial charge is 0.469 e. The number of amides is 1.